The summed E-state index contributed by atoms with van der Waals surface area (Å²) < 4.78 is 25.9. The molecule has 1 aliphatic heterocycles. The lowest BCUT2D eigenvalue weighted by molar-refractivity contribution is 0.379. The summed E-state index contributed by atoms with van der Waals surface area (Å²) in [6, 6.07) is 5.74. The van der Waals surface area contributed by atoms with Gasteiger partial charge in [-0.1, -0.05) is 6.07 Å². The Balaban J connectivity index is 2.00. The standard InChI is InChI=1S/C12H20N4O2S/c1-11(10-13)19(17,18)16-8-6-15(7-9-16)12-4-2-3-5-14-12/h2-5,11H,6-10,13H2,1H3. The number of hydrogen-bond acceptors (Lipinski definition) is 5. The zero-order valence-corrected chi connectivity index (χ0v) is 11.9. The van der Waals surface area contributed by atoms with Crippen molar-refractivity contribution in [1.29, 1.82) is 0 Å². The van der Waals surface area contributed by atoms with Gasteiger partial charge in [-0.3, -0.25) is 0 Å². The number of nitrogens with two attached hydrogens (primary N) is 1. The largest absolute Gasteiger partial charge is 0.354 e. The highest BCUT2D eigenvalue weighted by atomic mass is 32.2. The molecule has 2 N–H and O–H groups in total. The minimum absolute atomic E-state index is 0.156. The van der Waals surface area contributed by atoms with E-state index in [4.69, 9.17) is 5.73 Å². The predicted molar refractivity (Wildman–Crippen MR) is 75.5 cm³/mol. The van der Waals surface area contributed by atoms with E-state index in [2.05, 4.69) is 9.88 Å². The van der Waals surface area contributed by atoms with Gasteiger partial charge in [-0.15, -0.1) is 0 Å². The van der Waals surface area contributed by atoms with Crippen molar-refractivity contribution in [2.75, 3.05) is 37.6 Å². The third-order valence-electron chi connectivity index (χ3n) is 3.41. The first-order chi connectivity index (χ1) is 9.05. The fourth-order valence-corrected chi connectivity index (χ4v) is 3.51. The van der Waals surface area contributed by atoms with Gasteiger partial charge >= 0.3 is 0 Å². The fourth-order valence-electron chi connectivity index (χ4n) is 2.09. The van der Waals surface area contributed by atoms with Crippen LogP contribution >= 0.6 is 0 Å². The SMILES string of the molecule is CC(CN)S(=O)(=O)N1CCN(c2ccccn2)CC1. The number of nitrogens with zero attached hydrogens (tertiary/aromatic N) is 3. The van der Waals surface area contributed by atoms with Crippen molar-refractivity contribution in [1.82, 2.24) is 9.29 Å². The second-order valence-electron chi connectivity index (χ2n) is 4.67. The monoisotopic (exact) mass is 284 g/mol. The molecule has 0 amide bonds. The number of rotatable bonds is 4. The van der Waals surface area contributed by atoms with E-state index in [9.17, 15) is 8.42 Å². The molecule has 0 radical (unpaired) electrons. The van der Waals surface area contributed by atoms with E-state index in [1.807, 2.05) is 18.2 Å². The number of hydrogen-bond donors (Lipinski definition) is 1. The summed E-state index contributed by atoms with van der Waals surface area (Å²) in [7, 11) is -3.26. The lowest BCUT2D eigenvalue weighted by Gasteiger charge is -2.35. The maximum atomic E-state index is 12.2. The zero-order valence-electron chi connectivity index (χ0n) is 11.1. The molecule has 1 unspecified atom stereocenters. The molecular weight excluding hydrogens is 264 g/mol. The molecule has 1 saturated heterocycles. The van der Waals surface area contributed by atoms with Crippen molar-refractivity contribution < 1.29 is 8.42 Å². The van der Waals surface area contributed by atoms with E-state index < -0.39 is 15.3 Å². The van der Waals surface area contributed by atoms with E-state index >= 15 is 0 Å². The van der Waals surface area contributed by atoms with Crippen molar-refractivity contribution in [2.24, 2.45) is 5.73 Å². The first kappa shape index (κ1) is 14.2. The summed E-state index contributed by atoms with van der Waals surface area (Å²) in [6.45, 7) is 4.11. The van der Waals surface area contributed by atoms with Crippen LogP contribution in [0.15, 0.2) is 24.4 Å². The van der Waals surface area contributed by atoms with Crippen molar-refractivity contribution in [2.45, 2.75) is 12.2 Å². The Morgan fingerprint density at radius 2 is 2.00 bits per heavy atom. The molecule has 0 bridgehead atoms. The summed E-state index contributed by atoms with van der Waals surface area (Å²) in [4.78, 5) is 6.38. The molecule has 0 aliphatic carbocycles. The Labute approximate surface area is 114 Å². The maximum Gasteiger partial charge on any atom is 0.218 e. The summed E-state index contributed by atoms with van der Waals surface area (Å²) >= 11 is 0. The third kappa shape index (κ3) is 3.05. The molecule has 106 valence electrons. The van der Waals surface area contributed by atoms with Gasteiger partial charge in [0.1, 0.15) is 5.82 Å². The Bertz CT molecular complexity index is 498. The molecule has 7 heteroatoms. The van der Waals surface area contributed by atoms with Gasteiger partial charge in [0.05, 0.1) is 5.25 Å². The first-order valence-electron chi connectivity index (χ1n) is 6.40. The minimum Gasteiger partial charge on any atom is -0.354 e. The molecule has 19 heavy (non-hydrogen) atoms. The van der Waals surface area contributed by atoms with Crippen LogP contribution in [-0.2, 0) is 10.0 Å². The van der Waals surface area contributed by atoms with Gasteiger partial charge < -0.3 is 10.6 Å². The van der Waals surface area contributed by atoms with Crippen LogP contribution in [0.4, 0.5) is 5.82 Å². The van der Waals surface area contributed by atoms with Gasteiger partial charge in [-0.25, -0.2) is 13.4 Å². The highest BCUT2D eigenvalue weighted by Crippen LogP contribution is 2.16. The molecule has 1 aliphatic rings. The quantitative estimate of drug-likeness (QED) is 0.834. The van der Waals surface area contributed by atoms with Crippen LogP contribution in [0.3, 0.4) is 0 Å². The number of aromatic nitrogens is 1. The Kier molecular flexibility index (Phi) is 4.38. The molecule has 0 aromatic carbocycles. The van der Waals surface area contributed by atoms with E-state index in [-0.39, 0.29) is 6.54 Å². The van der Waals surface area contributed by atoms with Gasteiger partial charge in [-0.05, 0) is 19.1 Å². The lowest BCUT2D eigenvalue weighted by atomic mass is 10.3. The third-order valence-corrected chi connectivity index (χ3v) is 5.71. The summed E-state index contributed by atoms with van der Waals surface area (Å²) in [6.07, 6.45) is 1.74. The highest BCUT2D eigenvalue weighted by molar-refractivity contribution is 7.89. The van der Waals surface area contributed by atoms with Crippen LogP contribution in [0.1, 0.15) is 6.92 Å². The lowest BCUT2D eigenvalue weighted by Crippen LogP contribution is -2.51. The van der Waals surface area contributed by atoms with Crippen LogP contribution in [0.5, 0.6) is 0 Å². The smallest absolute Gasteiger partial charge is 0.218 e. The second-order valence-corrected chi connectivity index (χ2v) is 7.02. The van der Waals surface area contributed by atoms with Gasteiger partial charge in [0, 0.05) is 38.9 Å². The van der Waals surface area contributed by atoms with E-state index in [0.717, 1.165) is 5.82 Å². The Hall–Kier alpha value is -1.18. The van der Waals surface area contributed by atoms with Gasteiger partial charge in [0.25, 0.3) is 0 Å². The second kappa shape index (κ2) is 5.85. The van der Waals surface area contributed by atoms with Crippen LogP contribution in [0.2, 0.25) is 0 Å². The van der Waals surface area contributed by atoms with E-state index in [1.54, 1.807) is 13.1 Å². The number of pyridine rings is 1. The number of sulfonamides is 1. The summed E-state index contributed by atoms with van der Waals surface area (Å²) in [5.41, 5.74) is 5.46. The molecular formula is C12H20N4O2S. The average Bonchev–Trinajstić information content (AvgIpc) is 2.47. The Morgan fingerprint density at radius 3 is 2.53 bits per heavy atom. The van der Waals surface area contributed by atoms with Crippen molar-refractivity contribution in [3.8, 4) is 0 Å². The van der Waals surface area contributed by atoms with Crippen LogP contribution in [0, 0.1) is 0 Å². The van der Waals surface area contributed by atoms with Crippen LogP contribution in [0.25, 0.3) is 0 Å². The predicted octanol–water partition coefficient (Wildman–Crippen LogP) is -0.119. The topological polar surface area (TPSA) is 79.5 Å². The summed E-state index contributed by atoms with van der Waals surface area (Å²) in [5.74, 6) is 0.895. The van der Waals surface area contributed by atoms with Crippen molar-refractivity contribution in [3.05, 3.63) is 24.4 Å². The molecule has 6 nitrogen and oxygen atoms in total. The normalized spacial score (nSPS) is 19.4. The number of piperazine rings is 1. The highest BCUT2D eigenvalue weighted by Gasteiger charge is 2.30. The van der Waals surface area contributed by atoms with Crippen LogP contribution < -0.4 is 10.6 Å². The molecule has 1 aromatic rings. The molecule has 1 aromatic heterocycles. The van der Waals surface area contributed by atoms with E-state index in [0.29, 0.717) is 26.2 Å². The average molecular weight is 284 g/mol. The number of anilines is 1. The first-order valence-corrected chi connectivity index (χ1v) is 7.91. The maximum absolute atomic E-state index is 12.2. The van der Waals surface area contributed by atoms with Gasteiger partial charge in [-0.2, -0.15) is 4.31 Å². The molecule has 1 atom stereocenters. The molecule has 0 saturated carbocycles. The zero-order chi connectivity index (χ0) is 13.9. The van der Waals surface area contributed by atoms with Crippen molar-refractivity contribution in [3.63, 3.8) is 0 Å². The Morgan fingerprint density at radius 1 is 1.32 bits per heavy atom. The van der Waals surface area contributed by atoms with Crippen molar-refractivity contribution >= 4 is 15.8 Å². The fraction of sp³-hybridized carbons (Fsp3) is 0.583. The molecule has 1 fully saturated rings. The molecule has 2 heterocycles. The molecule has 0 spiro atoms. The molecule has 2 rings (SSSR count). The van der Waals surface area contributed by atoms with Crippen LogP contribution in [-0.4, -0.2) is 55.7 Å². The van der Waals surface area contributed by atoms with Gasteiger partial charge in [0.15, 0.2) is 0 Å². The van der Waals surface area contributed by atoms with Gasteiger partial charge in [0.2, 0.25) is 10.0 Å². The van der Waals surface area contributed by atoms with E-state index in [1.165, 1.54) is 4.31 Å². The summed E-state index contributed by atoms with van der Waals surface area (Å²) in [5, 5.41) is -0.520. The minimum atomic E-state index is -3.26.